The maximum Gasteiger partial charge on any atom is 0.131 e. The van der Waals surface area contributed by atoms with Crippen molar-refractivity contribution in [2.45, 2.75) is 13.0 Å². The highest BCUT2D eigenvalue weighted by atomic mass is 35.5. The molecular weight excluding hydrogens is 275 g/mol. The fraction of sp³-hybridized carbons (Fsp3) is 0.143. The predicted octanol–water partition coefficient (Wildman–Crippen LogP) is 4.93. The van der Waals surface area contributed by atoms with Crippen molar-refractivity contribution < 1.29 is 13.2 Å². The second kappa shape index (κ2) is 5.53. The smallest absolute Gasteiger partial charge is 0.131 e. The van der Waals surface area contributed by atoms with Crippen molar-refractivity contribution in [3.05, 3.63) is 64.4 Å². The van der Waals surface area contributed by atoms with Crippen LogP contribution in [0.15, 0.2) is 36.4 Å². The zero-order valence-electron chi connectivity index (χ0n) is 10.1. The molecule has 0 amide bonds. The van der Waals surface area contributed by atoms with Gasteiger partial charge >= 0.3 is 0 Å². The summed E-state index contributed by atoms with van der Waals surface area (Å²) in [6.07, 6.45) is 0. The van der Waals surface area contributed by atoms with Crippen LogP contribution in [-0.2, 0) is 0 Å². The standard InChI is InChI=1S/C14H11ClF3N/c1-8(14-12(17)3-2-4-13(14)18)19-11-6-9(15)5-10(16)7-11/h2-8,19H,1H3. The van der Waals surface area contributed by atoms with Crippen LogP contribution in [0.5, 0.6) is 0 Å². The Balaban J connectivity index is 2.28. The summed E-state index contributed by atoms with van der Waals surface area (Å²) in [5.74, 6) is -1.82. The van der Waals surface area contributed by atoms with E-state index in [0.29, 0.717) is 5.69 Å². The first kappa shape index (κ1) is 13.7. The maximum absolute atomic E-state index is 13.6. The lowest BCUT2D eigenvalue weighted by atomic mass is 10.1. The molecule has 100 valence electrons. The summed E-state index contributed by atoms with van der Waals surface area (Å²) < 4.78 is 40.3. The molecule has 1 atom stereocenters. The van der Waals surface area contributed by atoms with Crippen molar-refractivity contribution in [1.82, 2.24) is 0 Å². The van der Waals surface area contributed by atoms with Gasteiger partial charge < -0.3 is 5.32 Å². The molecule has 0 heterocycles. The van der Waals surface area contributed by atoms with Crippen LogP contribution in [-0.4, -0.2) is 0 Å². The number of hydrogen-bond donors (Lipinski definition) is 1. The Morgan fingerprint density at radius 2 is 1.68 bits per heavy atom. The SMILES string of the molecule is CC(Nc1cc(F)cc(Cl)c1)c1c(F)cccc1F. The highest BCUT2D eigenvalue weighted by Crippen LogP contribution is 2.26. The number of benzene rings is 2. The second-order valence-corrected chi connectivity index (χ2v) is 4.60. The Kier molecular flexibility index (Phi) is 4.00. The van der Waals surface area contributed by atoms with Gasteiger partial charge in [-0.15, -0.1) is 0 Å². The van der Waals surface area contributed by atoms with Crippen molar-refractivity contribution in [2.24, 2.45) is 0 Å². The summed E-state index contributed by atoms with van der Waals surface area (Å²) in [7, 11) is 0. The van der Waals surface area contributed by atoms with Crippen LogP contribution in [0.4, 0.5) is 18.9 Å². The lowest BCUT2D eigenvalue weighted by molar-refractivity contribution is 0.544. The molecule has 0 saturated carbocycles. The van der Waals surface area contributed by atoms with Gasteiger partial charge in [0.1, 0.15) is 17.5 Å². The van der Waals surface area contributed by atoms with Crippen molar-refractivity contribution in [2.75, 3.05) is 5.32 Å². The molecule has 1 N–H and O–H groups in total. The molecule has 0 saturated heterocycles. The summed E-state index contributed by atoms with van der Waals surface area (Å²) in [6.45, 7) is 1.58. The number of hydrogen-bond acceptors (Lipinski definition) is 1. The van der Waals surface area contributed by atoms with E-state index in [4.69, 9.17) is 11.6 Å². The van der Waals surface area contributed by atoms with E-state index in [2.05, 4.69) is 5.32 Å². The first-order chi connectivity index (χ1) is 8.97. The fourth-order valence-corrected chi connectivity index (χ4v) is 2.11. The van der Waals surface area contributed by atoms with Crippen molar-refractivity contribution in [3.63, 3.8) is 0 Å². The molecule has 2 aromatic rings. The van der Waals surface area contributed by atoms with E-state index >= 15 is 0 Å². The number of nitrogens with one attached hydrogen (secondary N) is 1. The molecule has 19 heavy (non-hydrogen) atoms. The van der Waals surface area contributed by atoms with E-state index in [1.165, 1.54) is 30.3 Å². The van der Waals surface area contributed by atoms with Gasteiger partial charge in [-0.2, -0.15) is 0 Å². The Hall–Kier alpha value is -1.68. The van der Waals surface area contributed by atoms with Crippen LogP contribution in [0.25, 0.3) is 0 Å². The Morgan fingerprint density at radius 3 is 2.26 bits per heavy atom. The third-order valence-corrected chi connectivity index (χ3v) is 2.90. The van der Waals surface area contributed by atoms with Gasteiger partial charge in [0, 0.05) is 16.3 Å². The van der Waals surface area contributed by atoms with Crippen LogP contribution in [0.2, 0.25) is 5.02 Å². The van der Waals surface area contributed by atoms with Gasteiger partial charge in [-0.3, -0.25) is 0 Å². The average molecular weight is 286 g/mol. The van der Waals surface area contributed by atoms with Crippen LogP contribution >= 0.6 is 11.6 Å². The van der Waals surface area contributed by atoms with Gasteiger partial charge in [0.2, 0.25) is 0 Å². The molecule has 2 aromatic carbocycles. The zero-order chi connectivity index (χ0) is 14.0. The monoisotopic (exact) mass is 285 g/mol. The molecule has 1 nitrogen and oxygen atoms in total. The van der Waals surface area contributed by atoms with E-state index in [0.717, 1.165) is 6.07 Å². The first-order valence-corrected chi connectivity index (χ1v) is 6.01. The molecule has 0 fully saturated rings. The first-order valence-electron chi connectivity index (χ1n) is 5.64. The molecule has 0 aliphatic rings. The van der Waals surface area contributed by atoms with Crippen LogP contribution in [0.1, 0.15) is 18.5 Å². The molecule has 0 bridgehead atoms. The Morgan fingerprint density at radius 1 is 1.05 bits per heavy atom. The van der Waals surface area contributed by atoms with Gasteiger partial charge in [0.25, 0.3) is 0 Å². The van der Waals surface area contributed by atoms with Gasteiger partial charge in [-0.1, -0.05) is 17.7 Å². The molecule has 0 aliphatic carbocycles. The van der Waals surface area contributed by atoms with Crippen LogP contribution in [0.3, 0.4) is 0 Å². The number of anilines is 1. The van der Waals surface area contributed by atoms with Gasteiger partial charge in [0.05, 0.1) is 6.04 Å². The molecule has 0 aliphatic heterocycles. The van der Waals surface area contributed by atoms with E-state index < -0.39 is 23.5 Å². The molecule has 2 rings (SSSR count). The minimum absolute atomic E-state index is 0.0946. The molecular formula is C14H11ClF3N. The number of rotatable bonds is 3. The summed E-state index contributed by atoms with van der Waals surface area (Å²) in [4.78, 5) is 0. The van der Waals surface area contributed by atoms with E-state index in [1.54, 1.807) is 6.92 Å². The Labute approximate surface area is 114 Å². The third kappa shape index (κ3) is 3.20. The van der Waals surface area contributed by atoms with E-state index in [-0.39, 0.29) is 10.6 Å². The zero-order valence-corrected chi connectivity index (χ0v) is 10.8. The van der Waals surface area contributed by atoms with E-state index in [1.807, 2.05) is 0 Å². The molecule has 1 unspecified atom stereocenters. The number of halogens is 4. The van der Waals surface area contributed by atoms with E-state index in [9.17, 15) is 13.2 Å². The summed E-state index contributed by atoms with van der Waals surface area (Å²) >= 11 is 5.71. The third-order valence-electron chi connectivity index (χ3n) is 2.68. The van der Waals surface area contributed by atoms with Crippen molar-refractivity contribution in [3.8, 4) is 0 Å². The highest BCUT2D eigenvalue weighted by Gasteiger charge is 2.16. The molecule has 0 aromatic heterocycles. The van der Waals surface area contributed by atoms with Gasteiger partial charge in [0.15, 0.2) is 0 Å². The minimum Gasteiger partial charge on any atom is -0.378 e. The normalized spacial score (nSPS) is 12.3. The molecule has 0 spiro atoms. The topological polar surface area (TPSA) is 12.0 Å². The second-order valence-electron chi connectivity index (χ2n) is 4.16. The summed E-state index contributed by atoms with van der Waals surface area (Å²) in [5, 5.41) is 3.03. The lowest BCUT2D eigenvalue weighted by Gasteiger charge is -2.17. The quantitative estimate of drug-likeness (QED) is 0.843. The van der Waals surface area contributed by atoms with Crippen LogP contribution in [0, 0.1) is 17.5 Å². The highest BCUT2D eigenvalue weighted by molar-refractivity contribution is 6.30. The van der Waals surface area contributed by atoms with Crippen LogP contribution < -0.4 is 5.32 Å². The minimum atomic E-state index is -0.654. The average Bonchev–Trinajstić information content (AvgIpc) is 2.26. The fourth-order valence-electron chi connectivity index (χ4n) is 1.88. The molecule has 0 radical (unpaired) electrons. The molecule has 5 heteroatoms. The van der Waals surface area contributed by atoms with Crippen molar-refractivity contribution in [1.29, 1.82) is 0 Å². The maximum atomic E-state index is 13.6. The van der Waals surface area contributed by atoms with Gasteiger partial charge in [-0.05, 0) is 37.3 Å². The van der Waals surface area contributed by atoms with Gasteiger partial charge in [-0.25, -0.2) is 13.2 Å². The summed E-state index contributed by atoms with van der Waals surface area (Å²) in [5.41, 5.74) is 0.267. The van der Waals surface area contributed by atoms with Crippen molar-refractivity contribution >= 4 is 17.3 Å². The largest absolute Gasteiger partial charge is 0.378 e. The Bertz CT molecular complexity index is 561. The predicted molar refractivity (Wildman–Crippen MR) is 69.8 cm³/mol. The summed E-state index contributed by atoms with van der Waals surface area (Å²) in [6, 6.07) is 6.84. The lowest BCUT2D eigenvalue weighted by Crippen LogP contribution is -2.11.